The number of carbonyl (C=O) groups excluding carboxylic acids is 1. The summed E-state index contributed by atoms with van der Waals surface area (Å²) in [4.78, 5) is 22.0. The van der Waals surface area contributed by atoms with Gasteiger partial charge in [-0.15, -0.1) is 11.3 Å². The number of hydrogen-bond donors (Lipinski definition) is 1. The van der Waals surface area contributed by atoms with E-state index >= 15 is 0 Å². The van der Waals surface area contributed by atoms with E-state index in [1.165, 1.54) is 11.3 Å². The van der Waals surface area contributed by atoms with Gasteiger partial charge in [0.05, 0.1) is 23.7 Å². The number of carbonyl (C=O) groups is 1. The largest absolute Gasteiger partial charge is 0.361 e. The van der Waals surface area contributed by atoms with Crippen molar-refractivity contribution in [1.82, 2.24) is 9.80 Å². The second-order valence-corrected chi connectivity index (χ2v) is 8.05. The van der Waals surface area contributed by atoms with Crippen molar-refractivity contribution in [3.8, 4) is 6.07 Å². The van der Waals surface area contributed by atoms with E-state index in [4.69, 9.17) is 5.73 Å². The predicted molar refractivity (Wildman–Crippen MR) is 113 cm³/mol. The van der Waals surface area contributed by atoms with Gasteiger partial charge in [-0.3, -0.25) is 4.79 Å². The molecule has 1 aromatic carbocycles. The van der Waals surface area contributed by atoms with Crippen LogP contribution < -0.4 is 5.73 Å². The van der Waals surface area contributed by atoms with Crippen molar-refractivity contribution in [2.75, 3.05) is 20.1 Å². The molecule has 1 amide bonds. The monoisotopic (exact) mass is 395 g/mol. The van der Waals surface area contributed by atoms with E-state index in [-0.39, 0.29) is 11.9 Å². The van der Waals surface area contributed by atoms with Gasteiger partial charge < -0.3 is 15.5 Å². The third-order valence-corrected chi connectivity index (χ3v) is 5.94. The van der Waals surface area contributed by atoms with Gasteiger partial charge in [-0.1, -0.05) is 18.2 Å². The Balaban J connectivity index is 1.76. The Morgan fingerprint density at radius 1 is 1.50 bits per heavy atom. The number of rotatable bonds is 5. The van der Waals surface area contributed by atoms with Crippen LogP contribution in [0, 0.1) is 18.3 Å². The van der Waals surface area contributed by atoms with E-state index in [2.05, 4.69) is 16.0 Å². The van der Waals surface area contributed by atoms with Gasteiger partial charge in [-0.2, -0.15) is 5.26 Å². The molecule has 1 aromatic heterocycles. The van der Waals surface area contributed by atoms with Crippen LogP contribution in [-0.4, -0.2) is 48.2 Å². The maximum atomic E-state index is 13.0. The molecule has 0 saturated carbocycles. The number of nitriles is 1. The number of aliphatic imine (C=N–C) groups is 1. The Hall–Kier alpha value is -2.69. The summed E-state index contributed by atoms with van der Waals surface area (Å²) < 4.78 is 0. The second-order valence-electron chi connectivity index (χ2n) is 7.17. The number of likely N-dealkylation sites (tertiary alicyclic amines) is 1. The van der Waals surface area contributed by atoms with Gasteiger partial charge in [0, 0.05) is 32.7 Å². The first-order valence-electron chi connectivity index (χ1n) is 9.35. The van der Waals surface area contributed by atoms with Crippen LogP contribution in [0.4, 0.5) is 5.69 Å². The zero-order chi connectivity index (χ0) is 20.1. The zero-order valence-corrected chi connectivity index (χ0v) is 17.1. The molecule has 28 heavy (non-hydrogen) atoms. The maximum absolute atomic E-state index is 13.0. The van der Waals surface area contributed by atoms with Crippen molar-refractivity contribution in [2.45, 2.75) is 32.4 Å². The lowest BCUT2D eigenvalue weighted by molar-refractivity contribution is 0.0790. The summed E-state index contributed by atoms with van der Waals surface area (Å²) in [6, 6.07) is 9.70. The lowest BCUT2D eigenvalue weighted by Gasteiger charge is -2.28. The Morgan fingerprint density at radius 2 is 2.29 bits per heavy atom. The van der Waals surface area contributed by atoms with Crippen LogP contribution in [0.2, 0.25) is 0 Å². The minimum atomic E-state index is -0.0895. The zero-order valence-electron chi connectivity index (χ0n) is 16.3. The van der Waals surface area contributed by atoms with Crippen LogP contribution in [0.1, 0.15) is 39.2 Å². The maximum Gasteiger partial charge on any atom is 0.266 e. The summed E-state index contributed by atoms with van der Waals surface area (Å²) >= 11 is 1.41. The van der Waals surface area contributed by atoms with Gasteiger partial charge in [0.15, 0.2) is 0 Å². The summed E-state index contributed by atoms with van der Waals surface area (Å²) in [5, 5.41) is 11.2. The highest BCUT2D eigenvalue weighted by molar-refractivity contribution is 7.12. The van der Waals surface area contributed by atoms with Gasteiger partial charge in [-0.25, -0.2) is 4.99 Å². The molecule has 7 heteroatoms. The number of nitrogens with zero attached hydrogens (tertiary/aromatic N) is 4. The first-order chi connectivity index (χ1) is 13.5. The van der Waals surface area contributed by atoms with E-state index in [0.717, 1.165) is 42.7 Å². The summed E-state index contributed by atoms with van der Waals surface area (Å²) in [7, 11) is 1.75. The van der Waals surface area contributed by atoms with Crippen LogP contribution in [0.15, 0.2) is 34.6 Å². The number of hydrogen-bond acceptors (Lipinski definition) is 5. The van der Waals surface area contributed by atoms with Crippen LogP contribution in [-0.2, 0) is 6.54 Å². The molecule has 6 nitrogen and oxygen atoms in total. The van der Waals surface area contributed by atoms with E-state index < -0.39 is 0 Å². The minimum Gasteiger partial charge on any atom is -0.361 e. The van der Waals surface area contributed by atoms with Crippen molar-refractivity contribution >= 4 is 29.3 Å². The summed E-state index contributed by atoms with van der Waals surface area (Å²) in [5.74, 6) is -0.0895. The van der Waals surface area contributed by atoms with Gasteiger partial charge in [0.2, 0.25) is 0 Å². The third-order valence-electron chi connectivity index (χ3n) is 4.87. The highest BCUT2D eigenvalue weighted by atomic mass is 32.1. The molecular weight excluding hydrogens is 370 g/mol. The Labute approximate surface area is 169 Å². The lowest BCUT2D eigenvalue weighted by Crippen LogP contribution is -2.41. The first kappa shape index (κ1) is 20.1. The van der Waals surface area contributed by atoms with Gasteiger partial charge in [-0.05, 0) is 42.3 Å². The summed E-state index contributed by atoms with van der Waals surface area (Å²) in [6.45, 7) is 4.08. The smallest absolute Gasteiger partial charge is 0.266 e. The molecular formula is C21H25N5OS. The molecule has 0 bridgehead atoms. The fourth-order valence-electron chi connectivity index (χ4n) is 3.30. The van der Waals surface area contributed by atoms with Crippen molar-refractivity contribution in [1.29, 1.82) is 5.26 Å². The molecule has 3 rings (SSSR count). The van der Waals surface area contributed by atoms with Crippen LogP contribution >= 0.6 is 11.3 Å². The molecule has 2 N–H and O–H groups in total. The highest BCUT2D eigenvalue weighted by Gasteiger charge is 2.21. The Morgan fingerprint density at radius 3 is 3.04 bits per heavy atom. The Kier molecular flexibility index (Phi) is 6.45. The topological polar surface area (TPSA) is 85.7 Å². The highest BCUT2D eigenvalue weighted by Crippen LogP contribution is 2.31. The van der Waals surface area contributed by atoms with E-state index in [9.17, 15) is 10.1 Å². The fourth-order valence-corrected chi connectivity index (χ4v) is 4.29. The lowest BCUT2D eigenvalue weighted by atomic mass is 10.1. The SMILES string of the molecule is Cc1csc(C(=O)N(C)Cc2ccccc2C#N)c1N=CN1CCC[C@@H](N)C1. The normalized spacial score (nSPS) is 16.9. The molecule has 0 unspecified atom stereocenters. The van der Waals surface area contributed by atoms with Crippen molar-refractivity contribution in [3.63, 3.8) is 0 Å². The van der Waals surface area contributed by atoms with Crippen LogP contribution in [0.3, 0.4) is 0 Å². The third kappa shape index (κ3) is 4.58. The average molecular weight is 396 g/mol. The number of piperidine rings is 1. The molecule has 1 atom stereocenters. The molecule has 2 heterocycles. The molecule has 1 aliphatic heterocycles. The minimum absolute atomic E-state index is 0.0895. The Bertz CT molecular complexity index is 914. The van der Waals surface area contributed by atoms with Gasteiger partial charge in [0.1, 0.15) is 4.88 Å². The summed E-state index contributed by atoms with van der Waals surface area (Å²) in [6.07, 6.45) is 3.92. The van der Waals surface area contributed by atoms with E-state index in [1.54, 1.807) is 18.0 Å². The molecule has 146 valence electrons. The van der Waals surface area contributed by atoms with Gasteiger partial charge >= 0.3 is 0 Å². The summed E-state index contributed by atoms with van der Waals surface area (Å²) in [5.41, 5.74) is 9.16. The van der Waals surface area contributed by atoms with Crippen molar-refractivity contribution in [2.24, 2.45) is 10.7 Å². The quantitative estimate of drug-likeness (QED) is 0.622. The predicted octanol–water partition coefficient (Wildman–Crippen LogP) is 3.28. The average Bonchev–Trinajstić information content (AvgIpc) is 3.06. The van der Waals surface area contributed by atoms with Crippen molar-refractivity contribution in [3.05, 3.63) is 51.2 Å². The molecule has 0 aliphatic carbocycles. The molecule has 2 aromatic rings. The number of thiophene rings is 1. The second kappa shape index (κ2) is 9.00. The molecule has 1 saturated heterocycles. The fraction of sp³-hybridized carbons (Fsp3) is 0.381. The molecule has 0 spiro atoms. The van der Waals surface area contributed by atoms with Crippen molar-refractivity contribution < 1.29 is 4.79 Å². The van der Waals surface area contributed by atoms with E-state index in [1.807, 2.05) is 36.8 Å². The molecule has 1 aliphatic rings. The molecule has 0 radical (unpaired) electrons. The number of aryl methyl sites for hydroxylation is 1. The number of nitrogens with two attached hydrogens (primary N) is 1. The number of benzene rings is 1. The first-order valence-corrected chi connectivity index (χ1v) is 10.2. The van der Waals surface area contributed by atoms with E-state index in [0.29, 0.717) is 17.0 Å². The molecule has 1 fully saturated rings. The van der Waals surface area contributed by atoms with Crippen LogP contribution in [0.5, 0.6) is 0 Å². The van der Waals surface area contributed by atoms with Gasteiger partial charge in [0.25, 0.3) is 5.91 Å². The van der Waals surface area contributed by atoms with Crippen LogP contribution in [0.25, 0.3) is 0 Å². The number of amides is 1. The standard InChI is InChI=1S/C21H25N5OS/c1-15-13-28-20(19(15)24-14-26-9-5-8-18(23)12-26)21(27)25(2)11-17-7-4-3-6-16(17)10-22/h3-4,6-7,13-14,18H,5,8-9,11-12,23H2,1-2H3/t18-/m1/s1.